The van der Waals surface area contributed by atoms with Gasteiger partial charge in [0.05, 0.1) is 21.3 Å². The molecule has 59 heavy (non-hydrogen) atoms. The first-order valence-corrected chi connectivity index (χ1v) is 21.2. The molecule has 12 rings (SSSR count). The third-order valence-corrected chi connectivity index (χ3v) is 13.4. The van der Waals surface area contributed by atoms with Gasteiger partial charge in [-0.15, -0.1) is 22.7 Å². The molecule has 0 aliphatic heterocycles. The van der Waals surface area contributed by atoms with Gasteiger partial charge in [0, 0.05) is 58.9 Å². The highest BCUT2D eigenvalue weighted by Crippen LogP contribution is 2.43. The molecule has 0 aliphatic rings. The fourth-order valence-electron chi connectivity index (χ4n) is 8.36. The normalized spacial score (nSPS) is 11.7. The topological polar surface area (TPSA) is 56.5 Å². The largest absolute Gasteiger partial charge is 0.309 e. The smallest absolute Gasteiger partial charge is 0.165 e. The highest BCUT2D eigenvalue weighted by atomic mass is 32.1. The molecule has 276 valence electrons. The van der Waals surface area contributed by atoms with Gasteiger partial charge in [0.25, 0.3) is 0 Å². The van der Waals surface area contributed by atoms with E-state index in [1.165, 1.54) is 31.3 Å². The third-order valence-electron chi connectivity index (χ3n) is 11.1. The Morgan fingerprint density at radius 3 is 1.85 bits per heavy atom. The van der Waals surface area contributed by atoms with Crippen molar-refractivity contribution in [3.05, 3.63) is 188 Å². The average Bonchev–Trinajstić information content (AvgIpc) is 4.01. The molecular formula is C52H31N5S2. The molecule has 0 fully saturated rings. The molecule has 0 aliphatic carbocycles. The zero-order valence-electron chi connectivity index (χ0n) is 31.5. The number of thiophene rings is 1. The van der Waals surface area contributed by atoms with Crippen LogP contribution in [0, 0.1) is 0 Å². The van der Waals surface area contributed by atoms with Crippen molar-refractivity contribution in [2.75, 3.05) is 0 Å². The standard InChI is InChI=1S/C52H31N5S2/c1-4-14-32(15-5-1)34-26-28-42-46(31-34)59-52(53-42)35-27-29-45-41(30-35)37-21-12-23-40(48(37)58-45)51-55-49(33-16-6-2-7-17-33)54-50(56-51)39-22-13-25-44-47(39)38-20-10-11-24-43(38)57(44)36-18-8-3-9-19-36/h1-31H. The van der Waals surface area contributed by atoms with Gasteiger partial charge in [0.15, 0.2) is 17.5 Å². The summed E-state index contributed by atoms with van der Waals surface area (Å²) >= 11 is 3.52. The van der Waals surface area contributed by atoms with Crippen LogP contribution in [0.3, 0.4) is 0 Å². The van der Waals surface area contributed by atoms with Crippen molar-refractivity contribution in [3.63, 3.8) is 0 Å². The van der Waals surface area contributed by atoms with Gasteiger partial charge in [-0.3, -0.25) is 0 Å². The molecule has 7 heteroatoms. The highest BCUT2D eigenvalue weighted by molar-refractivity contribution is 7.26. The van der Waals surface area contributed by atoms with Crippen molar-refractivity contribution in [2.24, 2.45) is 0 Å². The number of rotatable bonds is 6. The summed E-state index contributed by atoms with van der Waals surface area (Å²) in [6.45, 7) is 0. The SMILES string of the molecule is c1ccc(-c2ccc3nc(-c4ccc5sc6c(-c7nc(-c8ccccc8)nc(-c8cccc9c8c8ccccc8n9-c8ccccc8)n7)cccc6c5c4)sc3c2)cc1. The number of thiazole rings is 1. The first kappa shape index (κ1) is 33.8. The number of nitrogens with zero attached hydrogens (tertiary/aromatic N) is 5. The molecule has 12 aromatic rings. The predicted octanol–water partition coefficient (Wildman–Crippen LogP) is 14.3. The maximum absolute atomic E-state index is 5.34. The van der Waals surface area contributed by atoms with Crippen LogP contribution >= 0.6 is 22.7 Å². The lowest BCUT2D eigenvalue weighted by Crippen LogP contribution is -2.00. The second kappa shape index (κ2) is 13.7. The number of hydrogen-bond acceptors (Lipinski definition) is 6. The summed E-state index contributed by atoms with van der Waals surface area (Å²) in [4.78, 5) is 20.8. The van der Waals surface area contributed by atoms with Crippen molar-refractivity contribution in [3.8, 4) is 61.5 Å². The molecule has 5 nitrogen and oxygen atoms in total. The van der Waals surface area contributed by atoms with E-state index >= 15 is 0 Å². The second-order valence-corrected chi connectivity index (χ2v) is 16.7. The highest BCUT2D eigenvalue weighted by Gasteiger charge is 2.21. The number of para-hydroxylation sites is 2. The molecule has 0 atom stereocenters. The quantitative estimate of drug-likeness (QED) is 0.168. The molecular weight excluding hydrogens is 759 g/mol. The van der Waals surface area contributed by atoms with E-state index in [0.717, 1.165) is 65.0 Å². The van der Waals surface area contributed by atoms with Crippen molar-refractivity contribution < 1.29 is 0 Å². The summed E-state index contributed by atoms with van der Waals surface area (Å²) in [6, 6.07) is 66.1. The number of hydrogen-bond donors (Lipinski definition) is 0. The van der Waals surface area contributed by atoms with Gasteiger partial charge < -0.3 is 4.57 Å². The Balaban J connectivity index is 1.02. The summed E-state index contributed by atoms with van der Waals surface area (Å²) in [5.41, 5.74) is 10.8. The van der Waals surface area contributed by atoms with E-state index in [9.17, 15) is 0 Å². The second-order valence-electron chi connectivity index (χ2n) is 14.6. The summed E-state index contributed by atoms with van der Waals surface area (Å²) in [6.07, 6.45) is 0. The zero-order chi connectivity index (χ0) is 38.9. The minimum Gasteiger partial charge on any atom is -0.309 e. The third kappa shape index (κ3) is 5.66. The molecule has 0 saturated carbocycles. The molecule has 0 unspecified atom stereocenters. The zero-order valence-corrected chi connectivity index (χ0v) is 33.1. The van der Waals surface area contributed by atoms with Crippen LogP contribution in [0.4, 0.5) is 0 Å². The summed E-state index contributed by atoms with van der Waals surface area (Å²) in [5, 5.41) is 5.65. The molecule has 0 bridgehead atoms. The minimum absolute atomic E-state index is 0.640. The molecule has 0 spiro atoms. The van der Waals surface area contributed by atoms with Gasteiger partial charge in [0.1, 0.15) is 5.01 Å². The Kier molecular flexibility index (Phi) is 7.82. The minimum atomic E-state index is 0.640. The Labute approximate surface area is 347 Å². The van der Waals surface area contributed by atoms with E-state index in [4.69, 9.17) is 19.9 Å². The van der Waals surface area contributed by atoms with Crippen LogP contribution in [0.5, 0.6) is 0 Å². The van der Waals surface area contributed by atoms with Gasteiger partial charge in [-0.1, -0.05) is 133 Å². The molecule has 4 heterocycles. The number of benzene rings is 8. The molecule has 8 aromatic carbocycles. The molecule has 0 N–H and O–H groups in total. The molecule has 0 saturated heterocycles. The van der Waals surface area contributed by atoms with E-state index in [1.807, 2.05) is 18.2 Å². The fourth-order valence-corrected chi connectivity index (χ4v) is 10.6. The van der Waals surface area contributed by atoms with E-state index in [2.05, 4.69) is 174 Å². The Bertz CT molecular complexity index is 3550. The van der Waals surface area contributed by atoms with Crippen LogP contribution in [-0.2, 0) is 0 Å². The Morgan fingerprint density at radius 1 is 0.373 bits per heavy atom. The first-order chi connectivity index (χ1) is 29.2. The van der Waals surface area contributed by atoms with Gasteiger partial charge in [-0.25, -0.2) is 19.9 Å². The van der Waals surface area contributed by atoms with E-state index in [1.54, 1.807) is 22.7 Å². The van der Waals surface area contributed by atoms with Gasteiger partial charge >= 0.3 is 0 Å². The van der Waals surface area contributed by atoms with E-state index in [-0.39, 0.29) is 0 Å². The maximum Gasteiger partial charge on any atom is 0.165 e. The molecule has 0 amide bonds. The lowest BCUT2D eigenvalue weighted by molar-refractivity contribution is 1.08. The Hall–Kier alpha value is -7.32. The lowest BCUT2D eigenvalue weighted by atomic mass is 10.0. The molecule has 0 radical (unpaired) electrons. The summed E-state index contributed by atoms with van der Waals surface area (Å²) in [7, 11) is 0. The van der Waals surface area contributed by atoms with Crippen molar-refractivity contribution in [1.82, 2.24) is 24.5 Å². The van der Waals surface area contributed by atoms with Gasteiger partial charge in [-0.05, 0) is 65.7 Å². The van der Waals surface area contributed by atoms with Crippen LogP contribution in [0.15, 0.2) is 188 Å². The number of aromatic nitrogens is 5. The van der Waals surface area contributed by atoms with Crippen molar-refractivity contribution in [1.29, 1.82) is 0 Å². The van der Waals surface area contributed by atoms with Gasteiger partial charge in [-0.2, -0.15) is 0 Å². The predicted molar refractivity (Wildman–Crippen MR) is 247 cm³/mol. The lowest BCUT2D eigenvalue weighted by Gasteiger charge is -2.11. The van der Waals surface area contributed by atoms with Crippen molar-refractivity contribution in [2.45, 2.75) is 0 Å². The van der Waals surface area contributed by atoms with E-state index in [0.29, 0.717) is 17.5 Å². The van der Waals surface area contributed by atoms with Crippen LogP contribution in [0.25, 0.3) is 114 Å². The van der Waals surface area contributed by atoms with E-state index < -0.39 is 0 Å². The van der Waals surface area contributed by atoms with Crippen LogP contribution in [0.2, 0.25) is 0 Å². The maximum atomic E-state index is 5.34. The van der Waals surface area contributed by atoms with Crippen LogP contribution < -0.4 is 0 Å². The Morgan fingerprint density at radius 2 is 1.02 bits per heavy atom. The van der Waals surface area contributed by atoms with Gasteiger partial charge in [0.2, 0.25) is 0 Å². The average molecular weight is 790 g/mol. The fraction of sp³-hybridized carbons (Fsp3) is 0. The number of fused-ring (bicyclic) bond motifs is 7. The van der Waals surface area contributed by atoms with Crippen LogP contribution in [-0.4, -0.2) is 24.5 Å². The summed E-state index contributed by atoms with van der Waals surface area (Å²) in [5.74, 6) is 1.93. The molecule has 4 aromatic heterocycles. The first-order valence-electron chi connectivity index (χ1n) is 19.5. The summed E-state index contributed by atoms with van der Waals surface area (Å²) < 4.78 is 5.86. The van der Waals surface area contributed by atoms with Crippen molar-refractivity contribution >= 4 is 74.9 Å². The monoisotopic (exact) mass is 789 g/mol. The van der Waals surface area contributed by atoms with Crippen LogP contribution in [0.1, 0.15) is 0 Å².